The molecule has 3 rings (SSSR count). The van der Waals surface area contributed by atoms with Gasteiger partial charge in [0.1, 0.15) is 0 Å². The summed E-state index contributed by atoms with van der Waals surface area (Å²) in [5.41, 5.74) is 1.68. The molecule has 0 amide bonds. The Labute approximate surface area is 191 Å². The highest BCUT2D eigenvalue weighted by Gasteiger charge is 2.22. The minimum atomic E-state index is -2.97. The number of alkyl halides is 2. The lowest BCUT2D eigenvalue weighted by molar-refractivity contribution is 0.143. The van der Waals surface area contributed by atoms with Gasteiger partial charge in [0.25, 0.3) is 6.43 Å². The Bertz CT molecular complexity index is 1080. The zero-order valence-corrected chi connectivity index (χ0v) is 18.7. The van der Waals surface area contributed by atoms with Crippen LogP contribution in [-0.4, -0.2) is 6.61 Å². The van der Waals surface area contributed by atoms with Crippen molar-refractivity contribution in [2.24, 2.45) is 0 Å². The monoisotopic (exact) mass is 462 g/mol. The lowest BCUT2D eigenvalue weighted by atomic mass is 9.97. The van der Waals surface area contributed by atoms with Gasteiger partial charge >= 0.3 is 0 Å². The van der Waals surface area contributed by atoms with E-state index < -0.39 is 29.4 Å². The summed E-state index contributed by atoms with van der Waals surface area (Å²) in [4.78, 5) is 0. The molecule has 0 heterocycles. The maximum Gasteiger partial charge on any atom is 0.267 e. The quantitative estimate of drug-likeness (QED) is 0.218. The van der Waals surface area contributed by atoms with Gasteiger partial charge in [0.2, 0.25) is 0 Å². The van der Waals surface area contributed by atoms with Crippen LogP contribution < -0.4 is 4.74 Å². The molecule has 3 aromatic rings. The molecule has 0 spiro atoms. The summed E-state index contributed by atoms with van der Waals surface area (Å²) < 4.78 is 75.6. The number of hydrogen-bond donors (Lipinski definition) is 0. The number of benzene rings is 3. The molecule has 1 nitrogen and oxygen atoms in total. The van der Waals surface area contributed by atoms with Crippen molar-refractivity contribution in [3.8, 4) is 16.9 Å². The molecule has 0 aromatic heterocycles. The second-order valence-electron chi connectivity index (χ2n) is 7.84. The third-order valence-electron chi connectivity index (χ3n) is 5.73. The van der Waals surface area contributed by atoms with Gasteiger partial charge in [-0.05, 0) is 67.3 Å². The predicted octanol–water partition coefficient (Wildman–Crippen LogP) is 8.24. The normalized spacial score (nSPS) is 11.3. The van der Waals surface area contributed by atoms with Gasteiger partial charge in [0.05, 0.1) is 12.2 Å². The Hall–Kier alpha value is -2.89. The first-order valence-corrected chi connectivity index (χ1v) is 11.2. The van der Waals surface area contributed by atoms with E-state index >= 15 is 0 Å². The zero-order valence-electron chi connectivity index (χ0n) is 18.7. The lowest BCUT2D eigenvalue weighted by Gasteiger charge is -2.14. The van der Waals surface area contributed by atoms with Gasteiger partial charge in [-0.1, -0.05) is 49.4 Å². The summed E-state index contributed by atoms with van der Waals surface area (Å²) in [6.45, 7) is 3.83. The topological polar surface area (TPSA) is 9.23 Å². The van der Waals surface area contributed by atoms with Crippen LogP contribution in [0.3, 0.4) is 0 Å². The van der Waals surface area contributed by atoms with E-state index in [1.165, 1.54) is 12.1 Å². The molecule has 0 N–H and O–H groups in total. The first kappa shape index (κ1) is 24.7. The summed E-state index contributed by atoms with van der Waals surface area (Å²) >= 11 is 0. The Balaban J connectivity index is 1.66. The molecular weight excluding hydrogens is 435 g/mol. The maximum atomic E-state index is 14.7. The van der Waals surface area contributed by atoms with Crippen molar-refractivity contribution in [1.82, 2.24) is 0 Å². The van der Waals surface area contributed by atoms with Gasteiger partial charge in [-0.25, -0.2) is 22.0 Å². The highest BCUT2D eigenvalue weighted by atomic mass is 19.3. The summed E-state index contributed by atoms with van der Waals surface area (Å²) in [6, 6.07) is 13.2. The summed E-state index contributed by atoms with van der Waals surface area (Å²) in [6.07, 6.45) is -0.785. The largest absolute Gasteiger partial charge is 0.491 e. The maximum absolute atomic E-state index is 14.7. The number of rotatable bonds is 10. The standard InChI is InChI=1S/C27H27F5O/c1-3-17-9-11-18(12-10-17)21-15-13-20(24(28)25(21)29)8-6-5-7-19-14-16-22(33-4-2)26(30)23(19)27(31)32/h9-16,27H,3-8H2,1-2H3. The highest BCUT2D eigenvalue weighted by Crippen LogP contribution is 2.33. The number of ether oxygens (including phenoxy) is 1. The van der Waals surface area contributed by atoms with Crippen LogP contribution >= 0.6 is 0 Å². The number of halogens is 5. The first-order chi connectivity index (χ1) is 15.9. The smallest absolute Gasteiger partial charge is 0.267 e. The molecule has 0 aliphatic carbocycles. The average molecular weight is 463 g/mol. The molecule has 0 fully saturated rings. The first-order valence-electron chi connectivity index (χ1n) is 11.2. The second-order valence-corrected chi connectivity index (χ2v) is 7.84. The van der Waals surface area contributed by atoms with Crippen LogP contribution in [-0.2, 0) is 19.3 Å². The number of aryl methyl sites for hydroxylation is 3. The molecule has 0 aliphatic rings. The average Bonchev–Trinajstić information content (AvgIpc) is 2.81. The Morgan fingerprint density at radius 1 is 0.727 bits per heavy atom. The summed E-state index contributed by atoms with van der Waals surface area (Å²) in [5, 5.41) is 0. The molecule has 3 aromatic carbocycles. The van der Waals surface area contributed by atoms with Gasteiger partial charge < -0.3 is 4.74 Å². The van der Waals surface area contributed by atoms with Gasteiger partial charge in [-0.3, -0.25) is 0 Å². The molecule has 0 bridgehead atoms. The van der Waals surface area contributed by atoms with Crippen LogP contribution in [0.2, 0.25) is 0 Å². The van der Waals surface area contributed by atoms with Crippen LogP contribution in [0.15, 0.2) is 48.5 Å². The molecule has 33 heavy (non-hydrogen) atoms. The molecule has 0 radical (unpaired) electrons. The lowest BCUT2D eigenvalue weighted by Crippen LogP contribution is -2.04. The Morgan fingerprint density at radius 2 is 1.36 bits per heavy atom. The SMILES string of the molecule is CCOc1ccc(CCCCc2ccc(-c3ccc(CC)cc3)c(F)c2F)c(C(F)F)c1F. The van der Waals surface area contributed by atoms with Crippen molar-refractivity contribution in [2.75, 3.05) is 6.61 Å². The van der Waals surface area contributed by atoms with E-state index in [1.807, 2.05) is 19.1 Å². The molecule has 176 valence electrons. The van der Waals surface area contributed by atoms with Crippen LogP contribution in [0.1, 0.15) is 55.4 Å². The van der Waals surface area contributed by atoms with Crippen LogP contribution in [0.4, 0.5) is 22.0 Å². The highest BCUT2D eigenvalue weighted by molar-refractivity contribution is 5.65. The Morgan fingerprint density at radius 3 is 1.97 bits per heavy atom. The van der Waals surface area contributed by atoms with E-state index in [0.717, 1.165) is 12.0 Å². The van der Waals surface area contributed by atoms with E-state index in [-0.39, 0.29) is 41.9 Å². The van der Waals surface area contributed by atoms with E-state index in [0.29, 0.717) is 18.4 Å². The summed E-state index contributed by atoms with van der Waals surface area (Å²) in [7, 11) is 0. The fraction of sp³-hybridized carbons (Fsp3) is 0.333. The minimum absolute atomic E-state index is 0.171. The van der Waals surface area contributed by atoms with Gasteiger partial charge in [-0.15, -0.1) is 0 Å². The van der Waals surface area contributed by atoms with Crippen molar-refractivity contribution >= 4 is 0 Å². The van der Waals surface area contributed by atoms with E-state index in [1.54, 1.807) is 31.2 Å². The van der Waals surface area contributed by atoms with Crippen molar-refractivity contribution < 1.29 is 26.7 Å². The van der Waals surface area contributed by atoms with Crippen molar-refractivity contribution in [1.29, 1.82) is 0 Å². The van der Waals surface area contributed by atoms with E-state index in [2.05, 4.69) is 0 Å². The van der Waals surface area contributed by atoms with Crippen molar-refractivity contribution in [3.05, 3.63) is 88.2 Å². The number of unbranched alkanes of at least 4 members (excludes halogenated alkanes) is 1. The molecule has 6 heteroatoms. The van der Waals surface area contributed by atoms with Crippen molar-refractivity contribution in [3.63, 3.8) is 0 Å². The third kappa shape index (κ3) is 5.73. The fourth-order valence-electron chi connectivity index (χ4n) is 3.89. The van der Waals surface area contributed by atoms with Crippen LogP contribution in [0.5, 0.6) is 5.75 Å². The fourth-order valence-corrected chi connectivity index (χ4v) is 3.89. The van der Waals surface area contributed by atoms with Crippen LogP contribution in [0, 0.1) is 17.5 Å². The second kappa shape index (κ2) is 11.3. The molecule has 0 unspecified atom stereocenters. The Kier molecular flexibility index (Phi) is 8.48. The van der Waals surface area contributed by atoms with Crippen molar-refractivity contribution in [2.45, 2.75) is 52.4 Å². The summed E-state index contributed by atoms with van der Waals surface area (Å²) in [5.74, 6) is -3.03. The van der Waals surface area contributed by atoms with E-state index in [4.69, 9.17) is 4.74 Å². The minimum Gasteiger partial charge on any atom is -0.491 e. The molecule has 0 aliphatic heterocycles. The molecule has 0 saturated heterocycles. The third-order valence-corrected chi connectivity index (χ3v) is 5.73. The van der Waals surface area contributed by atoms with Crippen LogP contribution in [0.25, 0.3) is 11.1 Å². The van der Waals surface area contributed by atoms with Gasteiger partial charge in [0.15, 0.2) is 23.2 Å². The zero-order chi connectivity index (χ0) is 24.0. The van der Waals surface area contributed by atoms with Gasteiger partial charge in [0, 0.05) is 5.56 Å². The van der Waals surface area contributed by atoms with Gasteiger partial charge in [-0.2, -0.15) is 0 Å². The molecule has 0 atom stereocenters. The molecule has 0 saturated carbocycles. The predicted molar refractivity (Wildman–Crippen MR) is 120 cm³/mol. The molecular formula is C27H27F5O. The van der Waals surface area contributed by atoms with E-state index in [9.17, 15) is 22.0 Å². The number of hydrogen-bond acceptors (Lipinski definition) is 1.